The number of benzene rings is 1. The van der Waals surface area contributed by atoms with E-state index >= 15 is 0 Å². The lowest BCUT2D eigenvalue weighted by atomic mass is 10.1. The largest absolute Gasteiger partial charge is 0.480 e. The molecule has 0 saturated heterocycles. The van der Waals surface area contributed by atoms with Crippen molar-refractivity contribution in [1.82, 2.24) is 5.32 Å². The Kier molecular flexibility index (Phi) is 5.95. The molecule has 0 fully saturated rings. The van der Waals surface area contributed by atoms with E-state index in [1.165, 1.54) is 0 Å². The summed E-state index contributed by atoms with van der Waals surface area (Å²) in [4.78, 5) is 22.7. The predicted octanol–water partition coefficient (Wildman–Crippen LogP) is 2.64. The summed E-state index contributed by atoms with van der Waals surface area (Å²) >= 11 is 0. The van der Waals surface area contributed by atoms with Crippen LogP contribution in [0, 0.1) is 17.5 Å². The molecule has 4 nitrogen and oxygen atoms in total. The van der Waals surface area contributed by atoms with Crippen LogP contribution in [0.4, 0.5) is 13.2 Å². The van der Waals surface area contributed by atoms with E-state index in [2.05, 4.69) is 6.58 Å². The summed E-state index contributed by atoms with van der Waals surface area (Å²) in [5.41, 5.74) is -1.01. The van der Waals surface area contributed by atoms with E-state index in [9.17, 15) is 22.8 Å². The molecule has 0 aromatic heterocycles. The number of carbonyl (C=O) groups excluding carboxylic acids is 1. The fourth-order valence-corrected chi connectivity index (χ4v) is 1.71. The van der Waals surface area contributed by atoms with Crippen molar-refractivity contribution in [2.45, 2.75) is 25.3 Å². The van der Waals surface area contributed by atoms with Gasteiger partial charge in [0.1, 0.15) is 29.1 Å². The second-order valence-electron chi connectivity index (χ2n) is 4.33. The summed E-state index contributed by atoms with van der Waals surface area (Å²) in [6, 6.07) is -0.585. The van der Waals surface area contributed by atoms with E-state index in [0.717, 1.165) is 0 Å². The number of unbranched alkanes of at least 4 members (excludes halogenated alkanes) is 1. The van der Waals surface area contributed by atoms with Crippen LogP contribution in [-0.2, 0) is 4.79 Å². The quantitative estimate of drug-likeness (QED) is 0.601. The van der Waals surface area contributed by atoms with E-state index in [1.807, 2.05) is 5.32 Å². The lowest BCUT2D eigenvalue weighted by Crippen LogP contribution is -2.41. The number of hydrogen-bond donors (Lipinski definition) is 2. The van der Waals surface area contributed by atoms with Gasteiger partial charge in [-0.05, 0) is 19.3 Å². The number of amides is 1. The van der Waals surface area contributed by atoms with Gasteiger partial charge in [-0.15, -0.1) is 6.58 Å². The van der Waals surface area contributed by atoms with E-state index in [0.29, 0.717) is 25.0 Å². The van der Waals surface area contributed by atoms with Crippen LogP contribution in [0.3, 0.4) is 0 Å². The number of hydrogen-bond acceptors (Lipinski definition) is 2. The van der Waals surface area contributed by atoms with Crippen molar-refractivity contribution < 1.29 is 27.9 Å². The molecule has 0 aliphatic heterocycles. The predicted molar refractivity (Wildman–Crippen MR) is 69.3 cm³/mol. The molecular weight excluding hydrogens is 287 g/mol. The highest BCUT2D eigenvalue weighted by Crippen LogP contribution is 2.15. The van der Waals surface area contributed by atoms with E-state index in [-0.39, 0.29) is 6.42 Å². The van der Waals surface area contributed by atoms with Gasteiger partial charge in [-0.3, -0.25) is 4.79 Å². The second kappa shape index (κ2) is 7.47. The molecule has 1 atom stereocenters. The number of carboxylic acid groups (broad SMARTS) is 1. The third-order valence-corrected chi connectivity index (χ3v) is 2.74. The molecule has 0 aliphatic carbocycles. The number of rotatable bonds is 7. The summed E-state index contributed by atoms with van der Waals surface area (Å²) < 4.78 is 39.6. The van der Waals surface area contributed by atoms with Gasteiger partial charge in [0, 0.05) is 12.1 Å². The Bertz CT molecular complexity index is 537. The molecular formula is C14H14F3NO3. The summed E-state index contributed by atoms with van der Waals surface area (Å²) in [7, 11) is 0. The molecule has 7 heteroatoms. The molecule has 21 heavy (non-hydrogen) atoms. The maximum absolute atomic E-state index is 13.4. The molecule has 1 aromatic carbocycles. The third-order valence-electron chi connectivity index (χ3n) is 2.74. The van der Waals surface area contributed by atoms with Gasteiger partial charge in [0.25, 0.3) is 5.91 Å². The minimum absolute atomic E-state index is 0.0809. The van der Waals surface area contributed by atoms with Crippen LogP contribution < -0.4 is 5.32 Å². The van der Waals surface area contributed by atoms with Crippen LogP contribution >= 0.6 is 0 Å². The molecule has 2 N–H and O–H groups in total. The van der Waals surface area contributed by atoms with Gasteiger partial charge in [0.15, 0.2) is 0 Å². The van der Waals surface area contributed by atoms with Crippen molar-refractivity contribution in [1.29, 1.82) is 0 Å². The topological polar surface area (TPSA) is 66.4 Å². The average Bonchev–Trinajstić information content (AvgIpc) is 2.36. The lowest BCUT2D eigenvalue weighted by Gasteiger charge is -2.14. The minimum atomic E-state index is -1.39. The highest BCUT2D eigenvalue weighted by Gasteiger charge is 2.24. The van der Waals surface area contributed by atoms with Crippen molar-refractivity contribution in [2.24, 2.45) is 0 Å². The molecule has 1 amide bonds. The number of aliphatic carboxylic acids is 1. The third kappa shape index (κ3) is 4.62. The normalized spacial score (nSPS) is 11.8. The van der Waals surface area contributed by atoms with Crippen LogP contribution in [0.1, 0.15) is 29.6 Å². The summed E-state index contributed by atoms with van der Waals surface area (Å²) in [6.45, 7) is 3.47. The molecule has 0 aliphatic rings. The first kappa shape index (κ1) is 16.7. The zero-order valence-electron chi connectivity index (χ0n) is 11.0. The van der Waals surface area contributed by atoms with Gasteiger partial charge in [-0.1, -0.05) is 6.08 Å². The van der Waals surface area contributed by atoms with Crippen LogP contribution in [-0.4, -0.2) is 23.0 Å². The minimum Gasteiger partial charge on any atom is -0.480 e. The van der Waals surface area contributed by atoms with Crippen molar-refractivity contribution in [3.05, 3.63) is 47.8 Å². The Hall–Kier alpha value is -2.31. The summed E-state index contributed by atoms with van der Waals surface area (Å²) in [5, 5.41) is 11.0. The molecule has 114 valence electrons. The Morgan fingerprint density at radius 3 is 2.33 bits per heavy atom. The van der Waals surface area contributed by atoms with Crippen LogP contribution in [0.5, 0.6) is 0 Å². The Balaban J connectivity index is 2.87. The summed E-state index contributed by atoms with van der Waals surface area (Å²) in [6.07, 6.45) is 2.64. The monoisotopic (exact) mass is 301 g/mol. The summed E-state index contributed by atoms with van der Waals surface area (Å²) in [5.74, 6) is -6.51. The first-order valence-corrected chi connectivity index (χ1v) is 6.16. The number of carbonyl (C=O) groups is 2. The molecule has 1 rings (SSSR count). The van der Waals surface area contributed by atoms with Gasteiger partial charge < -0.3 is 10.4 Å². The zero-order valence-corrected chi connectivity index (χ0v) is 11.0. The van der Waals surface area contributed by atoms with E-state index < -0.39 is 40.9 Å². The van der Waals surface area contributed by atoms with Gasteiger partial charge in [0.05, 0.1) is 0 Å². The molecule has 0 unspecified atom stereocenters. The number of halogens is 3. The van der Waals surface area contributed by atoms with Crippen molar-refractivity contribution >= 4 is 11.9 Å². The number of carboxylic acids is 1. The van der Waals surface area contributed by atoms with Crippen LogP contribution in [0.15, 0.2) is 24.8 Å². The Morgan fingerprint density at radius 1 is 1.29 bits per heavy atom. The fraction of sp³-hybridized carbons (Fsp3) is 0.286. The Morgan fingerprint density at radius 2 is 1.86 bits per heavy atom. The maximum Gasteiger partial charge on any atom is 0.326 e. The van der Waals surface area contributed by atoms with Crippen LogP contribution in [0.2, 0.25) is 0 Å². The van der Waals surface area contributed by atoms with E-state index in [4.69, 9.17) is 5.11 Å². The second-order valence-corrected chi connectivity index (χ2v) is 4.33. The molecule has 0 saturated carbocycles. The standard InChI is InChI=1S/C14H14F3NO3/c1-2-3-4-5-11(14(20)21)18-13(19)12-9(16)6-8(15)7-10(12)17/h2,6-7,11H,1,3-5H2,(H,18,19)(H,20,21)/t11-/m0/s1. The highest BCUT2D eigenvalue weighted by molar-refractivity contribution is 5.97. The maximum atomic E-state index is 13.4. The van der Waals surface area contributed by atoms with Crippen molar-refractivity contribution in [2.75, 3.05) is 0 Å². The number of allylic oxidation sites excluding steroid dienone is 1. The van der Waals surface area contributed by atoms with Gasteiger partial charge >= 0.3 is 5.97 Å². The first-order chi connectivity index (χ1) is 9.86. The molecule has 0 spiro atoms. The molecule has 0 heterocycles. The lowest BCUT2D eigenvalue weighted by molar-refractivity contribution is -0.139. The van der Waals surface area contributed by atoms with Gasteiger partial charge in [0.2, 0.25) is 0 Å². The fourth-order valence-electron chi connectivity index (χ4n) is 1.71. The van der Waals surface area contributed by atoms with Crippen molar-refractivity contribution in [3.63, 3.8) is 0 Å². The molecule has 0 radical (unpaired) electrons. The average molecular weight is 301 g/mol. The SMILES string of the molecule is C=CCCC[C@H](NC(=O)c1c(F)cc(F)cc1F)C(=O)O. The van der Waals surface area contributed by atoms with Crippen LogP contribution in [0.25, 0.3) is 0 Å². The molecule has 1 aromatic rings. The van der Waals surface area contributed by atoms with Gasteiger partial charge in [-0.25, -0.2) is 18.0 Å². The highest BCUT2D eigenvalue weighted by atomic mass is 19.1. The Labute approximate surface area is 119 Å². The first-order valence-electron chi connectivity index (χ1n) is 6.16. The van der Waals surface area contributed by atoms with Gasteiger partial charge in [-0.2, -0.15) is 0 Å². The van der Waals surface area contributed by atoms with E-state index in [1.54, 1.807) is 6.08 Å². The smallest absolute Gasteiger partial charge is 0.326 e. The molecule has 0 bridgehead atoms. The number of nitrogens with one attached hydrogen (secondary N) is 1. The van der Waals surface area contributed by atoms with Crippen molar-refractivity contribution in [3.8, 4) is 0 Å². The zero-order chi connectivity index (χ0) is 16.0.